The summed E-state index contributed by atoms with van der Waals surface area (Å²) >= 11 is 13.0. The molecule has 0 atom stereocenters. The van der Waals surface area contributed by atoms with Crippen LogP contribution in [0.2, 0.25) is 10.0 Å². The summed E-state index contributed by atoms with van der Waals surface area (Å²) < 4.78 is 17.0. The molecule has 0 spiro atoms. The van der Waals surface area contributed by atoms with Gasteiger partial charge in [-0.25, -0.2) is 4.98 Å². The van der Waals surface area contributed by atoms with Gasteiger partial charge in [0.05, 0.1) is 29.9 Å². The third-order valence-electron chi connectivity index (χ3n) is 5.57. The molecule has 190 valence electrons. The number of nitrogens with zero attached hydrogens (tertiary/aromatic N) is 1. The van der Waals surface area contributed by atoms with Crippen LogP contribution in [-0.2, 0) is 11.4 Å². The average Bonchev–Trinajstić information content (AvgIpc) is 2.91. The molecule has 0 radical (unpaired) electrons. The topological polar surface area (TPSA) is 69.7 Å². The molecule has 4 rings (SSSR count). The number of hydrogen-bond acceptors (Lipinski definition) is 5. The van der Waals surface area contributed by atoms with E-state index < -0.39 is 0 Å². The molecule has 1 aromatic heterocycles. The van der Waals surface area contributed by atoms with Crippen LogP contribution in [0.25, 0.3) is 17.0 Å². The van der Waals surface area contributed by atoms with E-state index in [4.69, 9.17) is 37.4 Å². The molecule has 1 amide bonds. The summed E-state index contributed by atoms with van der Waals surface area (Å²) in [5.74, 6) is 1.60. The first kappa shape index (κ1) is 26.3. The highest BCUT2D eigenvalue weighted by atomic mass is 35.5. The van der Waals surface area contributed by atoms with Crippen LogP contribution < -0.4 is 19.5 Å². The Morgan fingerprint density at radius 2 is 1.84 bits per heavy atom. The molecular formula is C29H26Cl2N2O4. The molecule has 0 aliphatic carbocycles. The van der Waals surface area contributed by atoms with E-state index in [2.05, 4.69) is 10.3 Å². The first-order valence-corrected chi connectivity index (χ1v) is 12.4. The molecule has 6 nitrogen and oxygen atoms in total. The fourth-order valence-corrected chi connectivity index (χ4v) is 4.15. The molecule has 37 heavy (non-hydrogen) atoms. The number of halogens is 2. The van der Waals surface area contributed by atoms with E-state index in [0.29, 0.717) is 33.7 Å². The number of pyridine rings is 1. The number of carbonyl (C=O) groups is 1. The van der Waals surface area contributed by atoms with Gasteiger partial charge in [0.15, 0.2) is 0 Å². The Morgan fingerprint density at radius 1 is 1.00 bits per heavy atom. The van der Waals surface area contributed by atoms with Gasteiger partial charge in [0, 0.05) is 22.0 Å². The number of aryl methyl sites for hydroxylation is 1. The standard InChI is InChI=1S/C29H26Cl2N2O4/c1-19-27(17-21-7-3-4-9-25(21)33-19)37-18-23-24(30)11-12-26(29(23)31)36-15-14-32-28(34)13-10-20-6-5-8-22(16-20)35-2/h3-13,16-17H,14-15,18H2,1-2H3,(H,32,34). The summed E-state index contributed by atoms with van der Waals surface area (Å²) in [7, 11) is 1.60. The number of fused-ring (bicyclic) bond motifs is 1. The van der Waals surface area contributed by atoms with Gasteiger partial charge in [0.25, 0.3) is 0 Å². The van der Waals surface area contributed by atoms with Gasteiger partial charge in [-0.1, -0.05) is 53.5 Å². The molecule has 1 N–H and O–H groups in total. The lowest BCUT2D eigenvalue weighted by Crippen LogP contribution is -2.26. The van der Waals surface area contributed by atoms with Gasteiger partial charge in [-0.2, -0.15) is 0 Å². The van der Waals surface area contributed by atoms with Crippen molar-refractivity contribution in [1.82, 2.24) is 10.3 Å². The van der Waals surface area contributed by atoms with Gasteiger partial charge in [0.1, 0.15) is 30.5 Å². The van der Waals surface area contributed by atoms with E-state index in [1.165, 1.54) is 6.08 Å². The van der Waals surface area contributed by atoms with Gasteiger partial charge in [-0.15, -0.1) is 0 Å². The van der Waals surface area contributed by atoms with E-state index >= 15 is 0 Å². The maximum Gasteiger partial charge on any atom is 0.244 e. The summed E-state index contributed by atoms with van der Waals surface area (Å²) in [5.41, 5.74) is 3.15. The van der Waals surface area contributed by atoms with Crippen LogP contribution in [0, 0.1) is 6.92 Å². The summed E-state index contributed by atoms with van der Waals surface area (Å²) in [6.45, 7) is 2.58. The van der Waals surface area contributed by atoms with Crippen LogP contribution in [-0.4, -0.2) is 31.2 Å². The minimum Gasteiger partial charge on any atom is -0.497 e. The number of para-hydroxylation sites is 1. The number of benzene rings is 3. The number of hydrogen-bond donors (Lipinski definition) is 1. The molecule has 0 fully saturated rings. The van der Waals surface area contributed by atoms with E-state index in [0.717, 1.165) is 27.9 Å². The molecule has 0 bridgehead atoms. The molecule has 4 aromatic rings. The Morgan fingerprint density at radius 3 is 2.68 bits per heavy atom. The molecule has 0 aliphatic heterocycles. The second-order valence-electron chi connectivity index (χ2n) is 8.14. The molecule has 0 saturated carbocycles. The highest BCUT2D eigenvalue weighted by molar-refractivity contribution is 6.36. The van der Waals surface area contributed by atoms with Gasteiger partial charge in [-0.3, -0.25) is 4.79 Å². The van der Waals surface area contributed by atoms with Crippen molar-refractivity contribution in [3.05, 3.63) is 99.7 Å². The van der Waals surface area contributed by atoms with Crippen LogP contribution in [0.15, 0.2) is 72.8 Å². The second-order valence-corrected chi connectivity index (χ2v) is 8.93. The summed E-state index contributed by atoms with van der Waals surface area (Å²) in [6, 6.07) is 20.6. The minimum absolute atomic E-state index is 0.154. The smallest absolute Gasteiger partial charge is 0.244 e. The average molecular weight is 537 g/mol. The monoisotopic (exact) mass is 536 g/mol. The predicted molar refractivity (Wildman–Crippen MR) is 148 cm³/mol. The van der Waals surface area contributed by atoms with Crippen molar-refractivity contribution in [1.29, 1.82) is 0 Å². The van der Waals surface area contributed by atoms with Gasteiger partial charge in [0.2, 0.25) is 5.91 Å². The van der Waals surface area contributed by atoms with Crippen molar-refractivity contribution < 1.29 is 19.0 Å². The Bertz CT molecular complexity index is 1440. The quantitative estimate of drug-likeness (QED) is 0.181. The third-order valence-corrected chi connectivity index (χ3v) is 6.34. The number of methoxy groups -OCH3 is 1. The Hall–Kier alpha value is -3.74. The van der Waals surface area contributed by atoms with E-state index in [1.807, 2.05) is 61.5 Å². The Labute approximate surface area is 225 Å². The van der Waals surface area contributed by atoms with Crippen LogP contribution >= 0.6 is 23.2 Å². The number of aromatic nitrogens is 1. The number of carbonyl (C=O) groups excluding carboxylic acids is 1. The summed E-state index contributed by atoms with van der Waals surface area (Å²) in [4.78, 5) is 16.7. The lowest BCUT2D eigenvalue weighted by molar-refractivity contribution is -0.116. The first-order valence-electron chi connectivity index (χ1n) is 11.6. The summed E-state index contributed by atoms with van der Waals surface area (Å²) in [5, 5.41) is 4.60. The van der Waals surface area contributed by atoms with Crippen molar-refractivity contribution in [2.75, 3.05) is 20.3 Å². The van der Waals surface area contributed by atoms with Crippen LogP contribution in [0.1, 0.15) is 16.8 Å². The summed E-state index contributed by atoms with van der Waals surface area (Å²) in [6.07, 6.45) is 3.18. The maximum atomic E-state index is 12.1. The molecule has 0 saturated heterocycles. The molecule has 0 aliphatic rings. The van der Waals surface area contributed by atoms with Crippen molar-refractivity contribution in [3.8, 4) is 17.2 Å². The maximum absolute atomic E-state index is 12.1. The normalized spacial score (nSPS) is 11.0. The zero-order valence-electron chi connectivity index (χ0n) is 20.5. The number of nitrogens with one attached hydrogen (secondary N) is 1. The fourth-order valence-electron chi connectivity index (χ4n) is 3.62. The van der Waals surface area contributed by atoms with Crippen molar-refractivity contribution >= 4 is 46.1 Å². The largest absolute Gasteiger partial charge is 0.497 e. The number of ether oxygens (including phenoxy) is 3. The zero-order chi connectivity index (χ0) is 26.2. The Kier molecular flexibility index (Phi) is 8.88. The fraction of sp³-hybridized carbons (Fsp3) is 0.172. The van der Waals surface area contributed by atoms with Crippen molar-refractivity contribution in [2.45, 2.75) is 13.5 Å². The zero-order valence-corrected chi connectivity index (χ0v) is 22.0. The molecule has 1 heterocycles. The third kappa shape index (κ3) is 6.94. The highest BCUT2D eigenvalue weighted by Gasteiger charge is 2.14. The highest BCUT2D eigenvalue weighted by Crippen LogP contribution is 2.34. The lowest BCUT2D eigenvalue weighted by atomic mass is 10.2. The molecule has 0 unspecified atom stereocenters. The number of rotatable bonds is 10. The molecule has 8 heteroatoms. The van der Waals surface area contributed by atoms with E-state index in [9.17, 15) is 4.79 Å². The molecule has 3 aromatic carbocycles. The van der Waals surface area contributed by atoms with E-state index in [-0.39, 0.29) is 19.1 Å². The van der Waals surface area contributed by atoms with Crippen LogP contribution in [0.5, 0.6) is 17.2 Å². The van der Waals surface area contributed by atoms with Gasteiger partial charge < -0.3 is 19.5 Å². The van der Waals surface area contributed by atoms with Crippen LogP contribution in [0.3, 0.4) is 0 Å². The minimum atomic E-state index is -0.234. The van der Waals surface area contributed by atoms with Crippen molar-refractivity contribution in [3.63, 3.8) is 0 Å². The second kappa shape index (κ2) is 12.5. The van der Waals surface area contributed by atoms with Gasteiger partial charge in [-0.05, 0) is 55.0 Å². The van der Waals surface area contributed by atoms with E-state index in [1.54, 1.807) is 25.3 Å². The first-order chi connectivity index (χ1) is 17.9. The van der Waals surface area contributed by atoms with Gasteiger partial charge >= 0.3 is 0 Å². The molecular weight excluding hydrogens is 511 g/mol. The predicted octanol–water partition coefficient (Wildman–Crippen LogP) is 6.65. The number of amides is 1. The SMILES string of the molecule is COc1cccc(C=CC(=O)NCCOc2ccc(Cl)c(COc3cc4ccccc4nc3C)c2Cl)c1. The lowest BCUT2D eigenvalue weighted by Gasteiger charge is -2.15. The van der Waals surface area contributed by atoms with Crippen LogP contribution in [0.4, 0.5) is 0 Å². The van der Waals surface area contributed by atoms with Crippen molar-refractivity contribution in [2.24, 2.45) is 0 Å². The Balaban J connectivity index is 1.32.